The van der Waals surface area contributed by atoms with Crippen LogP contribution in [-0.4, -0.2) is 49.0 Å². The average molecular weight is 303 g/mol. The second kappa shape index (κ2) is 5.36. The van der Waals surface area contributed by atoms with Gasteiger partial charge in [-0.2, -0.15) is 4.31 Å². The van der Waals surface area contributed by atoms with Gasteiger partial charge in [0, 0.05) is 25.8 Å². The number of nitrogens with two attached hydrogens (primary N) is 1. The molecule has 0 amide bonds. The van der Waals surface area contributed by atoms with E-state index in [-0.39, 0.29) is 19.6 Å². The predicted octanol–water partition coefficient (Wildman–Crippen LogP) is 0.348. The molecule has 1 aromatic heterocycles. The fourth-order valence-corrected chi connectivity index (χ4v) is 3.83. The van der Waals surface area contributed by atoms with Gasteiger partial charge >= 0.3 is 0 Å². The van der Waals surface area contributed by atoms with E-state index in [0.29, 0.717) is 0 Å². The zero-order chi connectivity index (χ0) is 15.0. The number of nitrogens with zero attached hydrogens (tertiary/aromatic N) is 2. The number of morpholine rings is 1. The molecular weight excluding hydrogens is 285 g/mol. The van der Waals surface area contributed by atoms with Crippen LogP contribution in [0.15, 0.2) is 23.4 Å². The van der Waals surface area contributed by atoms with Crippen LogP contribution in [-0.2, 0) is 14.8 Å². The number of hydrogen-bond acceptors (Lipinski definition) is 5. The maximum absolute atomic E-state index is 13.7. The third-order valence-electron chi connectivity index (χ3n) is 3.02. The van der Waals surface area contributed by atoms with Gasteiger partial charge < -0.3 is 10.5 Å². The number of pyridine rings is 1. The minimum atomic E-state index is -4.00. The Hall–Kier alpha value is -1.09. The van der Waals surface area contributed by atoms with E-state index in [0.717, 1.165) is 6.07 Å². The van der Waals surface area contributed by atoms with Gasteiger partial charge in [0.1, 0.15) is 0 Å². The first-order chi connectivity index (χ1) is 9.26. The first kappa shape index (κ1) is 15.3. The van der Waals surface area contributed by atoms with E-state index in [1.165, 1.54) is 16.6 Å². The Labute approximate surface area is 117 Å². The lowest BCUT2D eigenvalue weighted by atomic mass is 10.1. The Balaban J connectivity index is 2.36. The maximum atomic E-state index is 13.7. The van der Waals surface area contributed by atoms with E-state index in [2.05, 4.69) is 4.98 Å². The molecule has 1 aliphatic heterocycles. The van der Waals surface area contributed by atoms with Crippen LogP contribution in [0.25, 0.3) is 0 Å². The molecule has 20 heavy (non-hydrogen) atoms. The molecule has 2 N–H and O–H groups in total. The fraction of sp³-hybridized carbons (Fsp3) is 0.583. The lowest BCUT2D eigenvalue weighted by molar-refractivity contribution is -0.112. The Morgan fingerprint density at radius 1 is 1.60 bits per heavy atom. The SMILES string of the molecule is CC1(C)CN(S(=O)(=O)c2ncccc2F)CC(CN)O1. The van der Waals surface area contributed by atoms with Crippen molar-refractivity contribution in [2.24, 2.45) is 5.73 Å². The van der Waals surface area contributed by atoms with Gasteiger partial charge in [-0.15, -0.1) is 0 Å². The molecule has 1 aliphatic rings. The van der Waals surface area contributed by atoms with Crippen LogP contribution >= 0.6 is 0 Å². The lowest BCUT2D eigenvalue weighted by Gasteiger charge is -2.41. The van der Waals surface area contributed by atoms with Crippen molar-refractivity contribution >= 4 is 10.0 Å². The third kappa shape index (κ3) is 2.98. The maximum Gasteiger partial charge on any atom is 0.263 e. The lowest BCUT2D eigenvalue weighted by Crippen LogP contribution is -2.56. The average Bonchev–Trinajstić information content (AvgIpc) is 2.37. The molecule has 2 heterocycles. The minimum absolute atomic E-state index is 0.0955. The topological polar surface area (TPSA) is 85.5 Å². The van der Waals surface area contributed by atoms with Crippen molar-refractivity contribution in [1.82, 2.24) is 9.29 Å². The van der Waals surface area contributed by atoms with Crippen molar-refractivity contribution in [2.75, 3.05) is 19.6 Å². The molecular formula is C12H18FN3O3S. The van der Waals surface area contributed by atoms with E-state index in [4.69, 9.17) is 10.5 Å². The number of halogens is 1. The first-order valence-corrected chi connectivity index (χ1v) is 7.69. The summed E-state index contributed by atoms with van der Waals surface area (Å²) in [5.74, 6) is -0.860. The molecule has 1 fully saturated rings. The molecule has 0 bridgehead atoms. The summed E-state index contributed by atoms with van der Waals surface area (Å²) < 4.78 is 45.5. The van der Waals surface area contributed by atoms with Crippen LogP contribution in [0.3, 0.4) is 0 Å². The summed E-state index contributed by atoms with van der Waals surface area (Å²) in [7, 11) is -4.00. The smallest absolute Gasteiger partial charge is 0.263 e. The van der Waals surface area contributed by atoms with Gasteiger partial charge in [-0.25, -0.2) is 17.8 Å². The molecule has 6 nitrogen and oxygen atoms in total. The predicted molar refractivity (Wildman–Crippen MR) is 71.0 cm³/mol. The number of rotatable bonds is 3. The highest BCUT2D eigenvalue weighted by molar-refractivity contribution is 7.89. The van der Waals surface area contributed by atoms with Crippen LogP contribution < -0.4 is 5.73 Å². The summed E-state index contributed by atoms with van der Waals surface area (Å²) in [4.78, 5) is 3.65. The summed E-state index contributed by atoms with van der Waals surface area (Å²) in [5.41, 5.74) is 4.88. The third-order valence-corrected chi connectivity index (χ3v) is 4.77. The zero-order valence-corrected chi connectivity index (χ0v) is 12.2. The van der Waals surface area contributed by atoms with Crippen LogP contribution in [0.1, 0.15) is 13.8 Å². The second-order valence-electron chi connectivity index (χ2n) is 5.32. The molecule has 0 saturated carbocycles. The van der Waals surface area contributed by atoms with Crippen LogP contribution in [0, 0.1) is 5.82 Å². The number of aromatic nitrogens is 1. The Bertz CT molecular complexity index is 591. The summed E-state index contributed by atoms with van der Waals surface area (Å²) in [6.07, 6.45) is 0.836. The highest BCUT2D eigenvalue weighted by atomic mass is 32.2. The Kier molecular flexibility index (Phi) is 4.10. The Morgan fingerprint density at radius 2 is 2.30 bits per heavy atom. The van der Waals surface area contributed by atoms with Crippen molar-refractivity contribution in [1.29, 1.82) is 0 Å². The van der Waals surface area contributed by atoms with Gasteiger partial charge in [0.2, 0.25) is 5.03 Å². The molecule has 1 atom stereocenters. The van der Waals surface area contributed by atoms with Crippen molar-refractivity contribution in [3.8, 4) is 0 Å². The van der Waals surface area contributed by atoms with E-state index >= 15 is 0 Å². The van der Waals surface area contributed by atoms with E-state index < -0.39 is 32.6 Å². The zero-order valence-electron chi connectivity index (χ0n) is 11.4. The fourth-order valence-electron chi connectivity index (χ4n) is 2.23. The minimum Gasteiger partial charge on any atom is -0.368 e. The van der Waals surface area contributed by atoms with Crippen LogP contribution in [0.4, 0.5) is 4.39 Å². The van der Waals surface area contributed by atoms with Gasteiger partial charge in [-0.1, -0.05) is 0 Å². The molecule has 0 aromatic carbocycles. The van der Waals surface area contributed by atoms with Crippen molar-refractivity contribution in [2.45, 2.75) is 30.6 Å². The first-order valence-electron chi connectivity index (χ1n) is 6.25. The number of ether oxygens (including phenoxy) is 1. The van der Waals surface area contributed by atoms with Crippen molar-refractivity contribution in [3.63, 3.8) is 0 Å². The molecule has 0 aliphatic carbocycles. The molecule has 1 aromatic rings. The summed E-state index contributed by atoms with van der Waals surface area (Å²) in [6, 6.07) is 2.42. The van der Waals surface area contributed by atoms with E-state index in [1.807, 2.05) is 0 Å². The Morgan fingerprint density at radius 3 is 2.90 bits per heavy atom. The normalized spacial score (nSPS) is 23.7. The quantitative estimate of drug-likeness (QED) is 0.870. The largest absolute Gasteiger partial charge is 0.368 e. The van der Waals surface area contributed by atoms with E-state index in [9.17, 15) is 12.8 Å². The van der Waals surface area contributed by atoms with Gasteiger partial charge in [0.25, 0.3) is 10.0 Å². The summed E-state index contributed by atoms with van der Waals surface area (Å²) >= 11 is 0. The van der Waals surface area contributed by atoms with E-state index in [1.54, 1.807) is 13.8 Å². The highest BCUT2D eigenvalue weighted by Crippen LogP contribution is 2.26. The molecule has 0 spiro atoms. The molecule has 112 valence electrons. The molecule has 8 heteroatoms. The molecule has 1 unspecified atom stereocenters. The second-order valence-corrected chi connectivity index (χ2v) is 7.18. The van der Waals surface area contributed by atoms with Crippen molar-refractivity contribution in [3.05, 3.63) is 24.1 Å². The molecule has 2 rings (SSSR count). The summed E-state index contributed by atoms with van der Waals surface area (Å²) in [5, 5.41) is -0.562. The van der Waals surface area contributed by atoms with Gasteiger partial charge in [-0.3, -0.25) is 0 Å². The monoisotopic (exact) mass is 303 g/mol. The van der Waals surface area contributed by atoms with Gasteiger partial charge in [0.15, 0.2) is 5.82 Å². The van der Waals surface area contributed by atoms with Crippen LogP contribution in [0.5, 0.6) is 0 Å². The van der Waals surface area contributed by atoms with Gasteiger partial charge in [-0.05, 0) is 26.0 Å². The van der Waals surface area contributed by atoms with Gasteiger partial charge in [0.05, 0.1) is 11.7 Å². The molecule has 1 saturated heterocycles. The standard InChI is InChI=1S/C12H18FN3O3S/c1-12(2)8-16(7-9(6-14)19-12)20(17,18)11-10(13)4-3-5-15-11/h3-5,9H,6-8,14H2,1-2H3. The number of sulfonamides is 1. The summed E-state index contributed by atoms with van der Waals surface area (Å²) in [6.45, 7) is 3.96. The highest BCUT2D eigenvalue weighted by Gasteiger charge is 2.40. The number of hydrogen-bond donors (Lipinski definition) is 1. The van der Waals surface area contributed by atoms with Crippen LogP contribution in [0.2, 0.25) is 0 Å². The molecule has 0 radical (unpaired) electrons. The van der Waals surface area contributed by atoms with Crippen molar-refractivity contribution < 1.29 is 17.5 Å².